The van der Waals surface area contributed by atoms with Gasteiger partial charge in [-0.2, -0.15) is 0 Å². The molecule has 0 unspecified atom stereocenters. The molecule has 0 aliphatic heterocycles. The van der Waals surface area contributed by atoms with Crippen LogP contribution in [0.4, 0.5) is 0 Å². The fraction of sp³-hybridized carbons (Fsp3) is 0.417. The summed E-state index contributed by atoms with van der Waals surface area (Å²) in [6.45, 7) is 1.73. The lowest BCUT2D eigenvalue weighted by Crippen LogP contribution is -2.08. The fourth-order valence-electron chi connectivity index (χ4n) is 1.69. The third-order valence-corrected chi connectivity index (χ3v) is 3.58. The Balaban J connectivity index is 3.36. The Bertz CT molecular complexity index is 560. The number of ether oxygens (including phenoxy) is 2. The highest BCUT2D eigenvalue weighted by atomic mass is 32.2. The van der Waals surface area contributed by atoms with Crippen molar-refractivity contribution in [2.45, 2.75) is 18.2 Å². The number of carbonyl (C=O) groups is 1. The van der Waals surface area contributed by atoms with Gasteiger partial charge in [0.25, 0.3) is 0 Å². The van der Waals surface area contributed by atoms with Crippen molar-refractivity contribution in [2.24, 2.45) is 0 Å². The molecule has 5 nitrogen and oxygen atoms in total. The maximum atomic E-state index is 11.7. The van der Waals surface area contributed by atoms with Crippen molar-refractivity contribution in [3.8, 4) is 5.75 Å². The number of methoxy groups -OCH3 is 2. The van der Waals surface area contributed by atoms with Crippen LogP contribution < -0.4 is 4.74 Å². The second-order valence-electron chi connectivity index (χ2n) is 3.97. The molecule has 0 saturated heterocycles. The van der Waals surface area contributed by atoms with Crippen LogP contribution in [0.5, 0.6) is 5.75 Å². The second kappa shape index (κ2) is 5.39. The van der Waals surface area contributed by atoms with Crippen LogP contribution in [0, 0.1) is 6.92 Å². The Kier molecular flexibility index (Phi) is 4.34. The van der Waals surface area contributed by atoms with E-state index in [0.29, 0.717) is 16.9 Å². The summed E-state index contributed by atoms with van der Waals surface area (Å²) in [7, 11) is -0.709. The molecule has 18 heavy (non-hydrogen) atoms. The van der Waals surface area contributed by atoms with E-state index < -0.39 is 15.8 Å². The van der Waals surface area contributed by atoms with E-state index in [-0.39, 0.29) is 11.3 Å². The molecule has 6 heteroatoms. The highest BCUT2D eigenvalue weighted by Gasteiger charge is 2.18. The SMILES string of the molecule is COC(=O)Cc1cc(C)c(OC)c(S(C)(=O)=O)c1. The zero-order valence-corrected chi connectivity index (χ0v) is 11.6. The summed E-state index contributed by atoms with van der Waals surface area (Å²) >= 11 is 0. The van der Waals surface area contributed by atoms with Crippen LogP contribution in [0.3, 0.4) is 0 Å². The van der Waals surface area contributed by atoms with Crippen LogP contribution in [0.2, 0.25) is 0 Å². The van der Waals surface area contributed by atoms with Crippen molar-refractivity contribution in [1.82, 2.24) is 0 Å². The predicted octanol–water partition coefficient (Wildman–Crippen LogP) is 1.12. The van der Waals surface area contributed by atoms with Gasteiger partial charge in [-0.25, -0.2) is 8.42 Å². The van der Waals surface area contributed by atoms with E-state index in [0.717, 1.165) is 6.26 Å². The first-order chi connectivity index (χ1) is 8.29. The molecule has 0 N–H and O–H groups in total. The molecule has 0 radical (unpaired) electrons. The van der Waals surface area contributed by atoms with Crippen molar-refractivity contribution in [3.63, 3.8) is 0 Å². The molecule has 0 bridgehead atoms. The number of aryl methyl sites for hydroxylation is 1. The van der Waals surface area contributed by atoms with Crippen LogP contribution >= 0.6 is 0 Å². The summed E-state index contributed by atoms with van der Waals surface area (Å²) in [6, 6.07) is 3.16. The lowest BCUT2D eigenvalue weighted by atomic mass is 10.1. The molecule has 0 aliphatic rings. The van der Waals surface area contributed by atoms with Gasteiger partial charge in [-0.1, -0.05) is 6.07 Å². The van der Waals surface area contributed by atoms with Gasteiger partial charge in [0.05, 0.1) is 20.6 Å². The van der Waals surface area contributed by atoms with E-state index >= 15 is 0 Å². The van der Waals surface area contributed by atoms with Crippen molar-refractivity contribution in [1.29, 1.82) is 0 Å². The molecular weight excluding hydrogens is 256 g/mol. The molecule has 0 saturated carbocycles. The first-order valence-corrected chi connectivity index (χ1v) is 7.13. The molecule has 1 aromatic carbocycles. The molecule has 100 valence electrons. The highest BCUT2D eigenvalue weighted by Crippen LogP contribution is 2.29. The monoisotopic (exact) mass is 272 g/mol. The van der Waals surface area contributed by atoms with Gasteiger partial charge in [0.2, 0.25) is 0 Å². The minimum Gasteiger partial charge on any atom is -0.495 e. The maximum absolute atomic E-state index is 11.7. The summed E-state index contributed by atoms with van der Waals surface area (Å²) < 4.78 is 33.0. The summed E-state index contributed by atoms with van der Waals surface area (Å²) in [5, 5.41) is 0. The van der Waals surface area contributed by atoms with E-state index in [1.165, 1.54) is 20.3 Å². The summed E-state index contributed by atoms with van der Waals surface area (Å²) in [5.74, 6) is -0.106. The van der Waals surface area contributed by atoms with Gasteiger partial charge in [0.15, 0.2) is 9.84 Å². The number of hydrogen-bond donors (Lipinski definition) is 0. The zero-order chi connectivity index (χ0) is 13.9. The number of carbonyl (C=O) groups excluding carboxylic acids is 1. The molecule has 0 spiro atoms. The first-order valence-electron chi connectivity index (χ1n) is 5.24. The molecular formula is C12H16O5S. The Hall–Kier alpha value is -1.56. The first kappa shape index (κ1) is 14.5. The Labute approximate surface area is 107 Å². The van der Waals surface area contributed by atoms with Gasteiger partial charge < -0.3 is 9.47 Å². The van der Waals surface area contributed by atoms with Gasteiger partial charge in [0, 0.05) is 6.26 Å². The van der Waals surface area contributed by atoms with Crippen LogP contribution in [-0.4, -0.2) is 34.9 Å². The van der Waals surface area contributed by atoms with Crippen LogP contribution in [0.15, 0.2) is 17.0 Å². The summed E-state index contributed by atoms with van der Waals surface area (Å²) in [6.07, 6.45) is 1.13. The van der Waals surface area contributed by atoms with E-state index in [1.807, 2.05) is 0 Å². The summed E-state index contributed by atoms with van der Waals surface area (Å²) in [4.78, 5) is 11.3. The average molecular weight is 272 g/mol. The number of hydrogen-bond acceptors (Lipinski definition) is 5. The minimum atomic E-state index is -3.41. The standard InChI is InChI=1S/C12H16O5S/c1-8-5-9(7-11(13)16-2)6-10(12(8)17-3)18(4,14)15/h5-6H,7H2,1-4H3. The smallest absolute Gasteiger partial charge is 0.309 e. The molecule has 1 rings (SSSR count). The van der Waals surface area contributed by atoms with Crippen molar-refractivity contribution in [3.05, 3.63) is 23.3 Å². The number of benzene rings is 1. The largest absolute Gasteiger partial charge is 0.495 e. The Morgan fingerprint density at radius 3 is 2.33 bits per heavy atom. The fourth-order valence-corrected chi connectivity index (χ4v) is 2.64. The van der Waals surface area contributed by atoms with Gasteiger partial charge in [-0.15, -0.1) is 0 Å². The predicted molar refractivity (Wildman–Crippen MR) is 66.6 cm³/mol. The van der Waals surface area contributed by atoms with Gasteiger partial charge in [0.1, 0.15) is 10.6 Å². The van der Waals surface area contributed by atoms with E-state index in [4.69, 9.17) is 4.74 Å². The van der Waals surface area contributed by atoms with E-state index in [1.54, 1.807) is 13.0 Å². The van der Waals surface area contributed by atoms with Crippen LogP contribution in [-0.2, 0) is 25.8 Å². The van der Waals surface area contributed by atoms with Gasteiger partial charge in [-0.05, 0) is 24.1 Å². The number of sulfone groups is 1. The maximum Gasteiger partial charge on any atom is 0.309 e. The van der Waals surface area contributed by atoms with Gasteiger partial charge >= 0.3 is 5.97 Å². The topological polar surface area (TPSA) is 69.7 Å². The van der Waals surface area contributed by atoms with Crippen molar-refractivity contribution < 1.29 is 22.7 Å². The van der Waals surface area contributed by atoms with Gasteiger partial charge in [-0.3, -0.25) is 4.79 Å². The van der Waals surface area contributed by atoms with E-state index in [2.05, 4.69) is 4.74 Å². The third kappa shape index (κ3) is 3.22. The molecule has 0 fully saturated rings. The number of rotatable bonds is 4. The van der Waals surface area contributed by atoms with Crippen molar-refractivity contribution in [2.75, 3.05) is 20.5 Å². The Morgan fingerprint density at radius 2 is 1.89 bits per heavy atom. The van der Waals surface area contributed by atoms with E-state index in [9.17, 15) is 13.2 Å². The highest BCUT2D eigenvalue weighted by molar-refractivity contribution is 7.90. The molecule has 0 amide bonds. The lowest BCUT2D eigenvalue weighted by molar-refractivity contribution is -0.139. The van der Waals surface area contributed by atoms with Crippen LogP contribution in [0.25, 0.3) is 0 Å². The van der Waals surface area contributed by atoms with Crippen molar-refractivity contribution >= 4 is 15.8 Å². The molecule has 0 aliphatic carbocycles. The lowest BCUT2D eigenvalue weighted by Gasteiger charge is -2.12. The Morgan fingerprint density at radius 1 is 1.28 bits per heavy atom. The second-order valence-corrected chi connectivity index (χ2v) is 5.95. The molecule has 0 atom stereocenters. The quantitative estimate of drug-likeness (QED) is 0.768. The normalized spacial score (nSPS) is 11.1. The molecule has 0 heterocycles. The zero-order valence-electron chi connectivity index (χ0n) is 10.8. The average Bonchev–Trinajstić information content (AvgIpc) is 2.27. The third-order valence-electron chi connectivity index (χ3n) is 2.48. The minimum absolute atomic E-state index is 0.0316. The number of esters is 1. The summed E-state index contributed by atoms with van der Waals surface area (Å²) in [5.41, 5.74) is 1.25. The van der Waals surface area contributed by atoms with Crippen LogP contribution in [0.1, 0.15) is 11.1 Å². The molecule has 1 aromatic rings. The molecule has 0 aromatic heterocycles.